The number of rotatable bonds is 9. The number of benzene rings is 1. The van der Waals surface area contributed by atoms with Crippen molar-refractivity contribution in [2.75, 3.05) is 24.7 Å². The van der Waals surface area contributed by atoms with Gasteiger partial charge in [-0.15, -0.1) is 0 Å². The Morgan fingerprint density at radius 3 is 2.90 bits per heavy atom. The molecule has 0 aromatic heterocycles. The molecule has 0 aliphatic carbocycles. The van der Waals surface area contributed by atoms with Crippen LogP contribution in [0.25, 0.3) is 0 Å². The molecule has 1 aromatic carbocycles. The predicted octanol–water partition coefficient (Wildman–Crippen LogP) is 1.13. The summed E-state index contributed by atoms with van der Waals surface area (Å²) in [5.41, 5.74) is 5.98. The van der Waals surface area contributed by atoms with E-state index in [9.17, 15) is 4.39 Å². The Labute approximate surface area is 122 Å². The van der Waals surface area contributed by atoms with Gasteiger partial charge < -0.3 is 21.4 Å². The number of aliphatic hydroxyl groups is 1. The van der Waals surface area contributed by atoms with E-state index < -0.39 is 5.82 Å². The van der Waals surface area contributed by atoms with E-state index in [2.05, 4.69) is 10.5 Å². The molecule has 0 radical (unpaired) electrons. The van der Waals surface area contributed by atoms with Gasteiger partial charge in [-0.2, -0.15) is 11.8 Å². The second-order valence-corrected chi connectivity index (χ2v) is 5.35. The topological polar surface area (TPSA) is 90.9 Å². The molecule has 20 heavy (non-hydrogen) atoms. The summed E-state index contributed by atoms with van der Waals surface area (Å²) in [7, 11) is 0. The maximum absolute atomic E-state index is 14.0. The molecule has 7 heteroatoms. The van der Waals surface area contributed by atoms with Gasteiger partial charge in [0.05, 0.1) is 5.56 Å². The number of nitrogens with zero attached hydrogens (tertiary/aromatic N) is 1. The van der Waals surface area contributed by atoms with Crippen molar-refractivity contribution in [3.05, 3.63) is 35.1 Å². The van der Waals surface area contributed by atoms with Crippen molar-refractivity contribution in [1.29, 1.82) is 0 Å². The van der Waals surface area contributed by atoms with Gasteiger partial charge in [0.1, 0.15) is 5.82 Å². The summed E-state index contributed by atoms with van der Waals surface area (Å²) in [6.45, 7) is 1.36. The molecule has 112 valence electrons. The molecule has 1 rings (SSSR count). The number of hydrogen-bond donors (Lipinski definition) is 4. The summed E-state index contributed by atoms with van der Waals surface area (Å²) in [4.78, 5) is 0. The van der Waals surface area contributed by atoms with Gasteiger partial charge in [0.2, 0.25) is 0 Å². The normalized spacial score (nSPS) is 11.8. The van der Waals surface area contributed by atoms with Crippen molar-refractivity contribution < 1.29 is 14.7 Å². The molecular formula is C13H20FN3O2S. The second-order valence-electron chi connectivity index (χ2n) is 4.13. The van der Waals surface area contributed by atoms with Crippen molar-refractivity contribution in [3.63, 3.8) is 0 Å². The lowest BCUT2D eigenvalue weighted by Gasteiger charge is -2.08. The number of thioether (sulfide) groups is 1. The summed E-state index contributed by atoms with van der Waals surface area (Å²) in [6.07, 6.45) is 0.793. The van der Waals surface area contributed by atoms with Gasteiger partial charge in [0.25, 0.3) is 0 Å². The standard InChI is InChI=1S/C13H20FN3O2S/c14-12-10(3-1-4-11(12)13(15)17-19)9-16-5-8-20-7-2-6-18/h1,3-4,16,18-19H,2,5-9H2,(H2,15,17). The number of nitrogens with two attached hydrogens (primary N) is 1. The average Bonchev–Trinajstić information content (AvgIpc) is 2.47. The Bertz CT molecular complexity index is 444. The third-order valence-corrected chi connectivity index (χ3v) is 3.72. The number of aliphatic hydroxyl groups excluding tert-OH is 1. The minimum absolute atomic E-state index is 0.101. The maximum Gasteiger partial charge on any atom is 0.173 e. The van der Waals surface area contributed by atoms with E-state index in [1.807, 2.05) is 0 Å². The van der Waals surface area contributed by atoms with E-state index in [1.165, 1.54) is 6.07 Å². The van der Waals surface area contributed by atoms with Gasteiger partial charge in [-0.25, -0.2) is 4.39 Å². The summed E-state index contributed by atoms with van der Waals surface area (Å²) < 4.78 is 14.0. The molecule has 0 saturated heterocycles. The number of hydrogen-bond acceptors (Lipinski definition) is 5. The summed E-state index contributed by atoms with van der Waals surface area (Å²) >= 11 is 1.74. The summed E-state index contributed by atoms with van der Waals surface area (Å²) in [5, 5.41) is 23.2. The van der Waals surface area contributed by atoms with Gasteiger partial charge in [-0.05, 0) is 18.2 Å². The first-order valence-corrected chi connectivity index (χ1v) is 7.50. The highest BCUT2D eigenvalue weighted by Crippen LogP contribution is 2.12. The summed E-state index contributed by atoms with van der Waals surface area (Å²) in [5.74, 6) is 1.12. The van der Waals surface area contributed by atoms with E-state index in [0.717, 1.165) is 24.5 Å². The van der Waals surface area contributed by atoms with E-state index in [1.54, 1.807) is 23.9 Å². The SMILES string of the molecule is N/C(=N/O)c1cccc(CNCCSCCCO)c1F. The zero-order chi connectivity index (χ0) is 14.8. The van der Waals surface area contributed by atoms with Crippen LogP contribution in [-0.4, -0.2) is 40.8 Å². The van der Waals surface area contributed by atoms with Crippen LogP contribution in [0.2, 0.25) is 0 Å². The number of nitrogens with one attached hydrogen (secondary N) is 1. The molecule has 5 N–H and O–H groups in total. The van der Waals surface area contributed by atoms with Gasteiger partial charge in [0.15, 0.2) is 5.84 Å². The Kier molecular flexibility index (Phi) is 8.01. The zero-order valence-electron chi connectivity index (χ0n) is 11.2. The van der Waals surface area contributed by atoms with Gasteiger partial charge in [-0.1, -0.05) is 17.3 Å². The smallest absolute Gasteiger partial charge is 0.173 e. The van der Waals surface area contributed by atoms with Gasteiger partial charge in [-0.3, -0.25) is 0 Å². The van der Waals surface area contributed by atoms with Crippen LogP contribution in [0.4, 0.5) is 4.39 Å². The molecule has 0 fully saturated rings. The Balaban J connectivity index is 2.41. The fourth-order valence-corrected chi connectivity index (χ4v) is 2.43. The van der Waals surface area contributed by atoms with Gasteiger partial charge in [0, 0.05) is 31.0 Å². The van der Waals surface area contributed by atoms with E-state index in [-0.39, 0.29) is 18.0 Å². The van der Waals surface area contributed by atoms with E-state index in [4.69, 9.17) is 16.0 Å². The van der Waals surface area contributed by atoms with Crippen LogP contribution in [0.3, 0.4) is 0 Å². The van der Waals surface area contributed by atoms with Crippen molar-refractivity contribution in [2.24, 2.45) is 10.9 Å². The molecule has 0 bridgehead atoms. The largest absolute Gasteiger partial charge is 0.409 e. The minimum atomic E-state index is -0.469. The first-order valence-electron chi connectivity index (χ1n) is 6.35. The summed E-state index contributed by atoms with van der Waals surface area (Å²) in [6, 6.07) is 4.80. The Morgan fingerprint density at radius 2 is 2.20 bits per heavy atom. The minimum Gasteiger partial charge on any atom is -0.409 e. The molecule has 0 amide bonds. The molecule has 0 unspecified atom stereocenters. The lowest BCUT2D eigenvalue weighted by Crippen LogP contribution is -2.20. The predicted molar refractivity (Wildman–Crippen MR) is 79.6 cm³/mol. The lowest BCUT2D eigenvalue weighted by molar-refractivity contribution is 0.296. The van der Waals surface area contributed by atoms with Crippen LogP contribution < -0.4 is 11.1 Å². The fraction of sp³-hybridized carbons (Fsp3) is 0.462. The molecule has 0 aliphatic heterocycles. The molecule has 0 saturated carbocycles. The number of oxime groups is 1. The monoisotopic (exact) mass is 301 g/mol. The molecule has 0 heterocycles. The van der Waals surface area contributed by atoms with Crippen LogP contribution in [0.5, 0.6) is 0 Å². The third-order valence-electron chi connectivity index (χ3n) is 2.65. The highest BCUT2D eigenvalue weighted by Gasteiger charge is 2.10. The van der Waals surface area contributed by atoms with Crippen molar-refractivity contribution >= 4 is 17.6 Å². The molecule has 0 atom stereocenters. The van der Waals surface area contributed by atoms with Crippen molar-refractivity contribution in [1.82, 2.24) is 5.32 Å². The first kappa shape index (κ1) is 16.7. The number of amidine groups is 1. The van der Waals surface area contributed by atoms with Crippen LogP contribution in [0.15, 0.2) is 23.4 Å². The molecule has 1 aromatic rings. The lowest BCUT2D eigenvalue weighted by atomic mass is 10.1. The van der Waals surface area contributed by atoms with E-state index in [0.29, 0.717) is 12.1 Å². The molecule has 0 aliphatic rings. The van der Waals surface area contributed by atoms with Crippen molar-refractivity contribution in [3.8, 4) is 0 Å². The van der Waals surface area contributed by atoms with Crippen molar-refractivity contribution in [2.45, 2.75) is 13.0 Å². The van der Waals surface area contributed by atoms with E-state index >= 15 is 0 Å². The van der Waals surface area contributed by atoms with Crippen LogP contribution >= 0.6 is 11.8 Å². The maximum atomic E-state index is 14.0. The fourth-order valence-electron chi connectivity index (χ4n) is 1.60. The Hall–Kier alpha value is -1.31. The Morgan fingerprint density at radius 1 is 1.40 bits per heavy atom. The first-order chi connectivity index (χ1) is 9.70. The third kappa shape index (κ3) is 5.36. The van der Waals surface area contributed by atoms with Crippen LogP contribution in [0, 0.1) is 5.82 Å². The molecule has 5 nitrogen and oxygen atoms in total. The number of halogens is 1. The quantitative estimate of drug-likeness (QED) is 0.180. The van der Waals surface area contributed by atoms with Crippen LogP contribution in [0.1, 0.15) is 17.5 Å². The second kappa shape index (κ2) is 9.57. The highest BCUT2D eigenvalue weighted by molar-refractivity contribution is 7.99. The van der Waals surface area contributed by atoms with Crippen LogP contribution in [-0.2, 0) is 6.54 Å². The average molecular weight is 301 g/mol. The van der Waals surface area contributed by atoms with Gasteiger partial charge >= 0.3 is 0 Å². The highest BCUT2D eigenvalue weighted by atomic mass is 32.2. The molecule has 0 spiro atoms. The zero-order valence-corrected chi connectivity index (χ0v) is 12.0. The molecular weight excluding hydrogens is 281 g/mol.